The molecule has 0 atom stereocenters. The third kappa shape index (κ3) is 2.73. The number of fused-ring (bicyclic) bond motifs is 1. The van der Waals surface area contributed by atoms with Crippen LogP contribution in [0.3, 0.4) is 0 Å². The summed E-state index contributed by atoms with van der Waals surface area (Å²) in [5.74, 6) is 1.71. The van der Waals surface area contributed by atoms with Gasteiger partial charge in [-0.2, -0.15) is 0 Å². The lowest BCUT2D eigenvalue weighted by molar-refractivity contribution is 0.411. The van der Waals surface area contributed by atoms with Crippen LogP contribution < -0.4 is 9.64 Å². The smallest absolute Gasteiger partial charge is 0.148 e. The predicted molar refractivity (Wildman–Crippen MR) is 108 cm³/mol. The fraction of sp³-hybridized carbons (Fsp3) is 0.238. The Morgan fingerprint density at radius 1 is 1.11 bits per heavy atom. The topological polar surface area (TPSA) is 74.4 Å². The van der Waals surface area contributed by atoms with Crippen LogP contribution in [-0.2, 0) is 7.05 Å². The molecule has 1 aromatic heterocycles. The van der Waals surface area contributed by atoms with Gasteiger partial charge in [0.25, 0.3) is 0 Å². The van der Waals surface area contributed by atoms with E-state index in [-0.39, 0.29) is 18.1 Å². The fourth-order valence-electron chi connectivity index (χ4n) is 3.67. The first kappa shape index (κ1) is 17.1. The summed E-state index contributed by atoms with van der Waals surface area (Å²) in [5.41, 5.74) is 5.31. The summed E-state index contributed by atoms with van der Waals surface area (Å²) in [6.45, 7) is 4.33. The normalized spacial score (nSPS) is 14.5. The molecule has 0 amide bonds. The van der Waals surface area contributed by atoms with E-state index in [0.717, 1.165) is 33.6 Å². The number of aliphatic hydroxyl groups excluding tert-OH is 1. The van der Waals surface area contributed by atoms with E-state index in [2.05, 4.69) is 11.1 Å². The number of ether oxygens (including phenoxy) is 1. The molecule has 0 saturated carbocycles. The Morgan fingerprint density at radius 2 is 1.81 bits per heavy atom. The van der Waals surface area contributed by atoms with Gasteiger partial charge >= 0.3 is 0 Å². The van der Waals surface area contributed by atoms with Gasteiger partial charge in [0.1, 0.15) is 23.2 Å². The second kappa shape index (κ2) is 6.16. The number of methoxy groups -OCH3 is 1. The van der Waals surface area contributed by atoms with E-state index >= 15 is 0 Å². The maximum Gasteiger partial charge on any atom is 0.148 e. The van der Waals surface area contributed by atoms with Gasteiger partial charge in [-0.1, -0.05) is 6.07 Å². The zero-order valence-corrected chi connectivity index (χ0v) is 15.9. The molecule has 3 aromatic rings. The molecule has 2 aromatic carbocycles. The molecule has 6 nitrogen and oxygen atoms in total. The second-order valence-corrected chi connectivity index (χ2v) is 6.95. The highest BCUT2D eigenvalue weighted by molar-refractivity contribution is 6.30. The standard InChI is InChI=1S/C21H22N4O2/c1-12-7-13(2)9-14(8-12)25-11-18(26)19(20(25)22)21-23-16-10-15(27-4)5-6-17(16)24(21)3/h5-10,22,26H,11H2,1-4H3. The van der Waals surface area contributed by atoms with Gasteiger partial charge in [0.15, 0.2) is 0 Å². The molecule has 0 saturated heterocycles. The number of nitrogens with one attached hydrogen (secondary N) is 1. The summed E-state index contributed by atoms with van der Waals surface area (Å²) in [5, 5.41) is 19.3. The zero-order valence-electron chi connectivity index (χ0n) is 15.9. The number of amidine groups is 1. The van der Waals surface area contributed by atoms with Crippen LogP contribution in [0.25, 0.3) is 16.6 Å². The monoisotopic (exact) mass is 362 g/mol. The van der Waals surface area contributed by atoms with Crippen LogP contribution in [0.15, 0.2) is 42.2 Å². The lowest BCUT2D eigenvalue weighted by Gasteiger charge is -2.20. The zero-order chi connectivity index (χ0) is 19.3. The number of anilines is 1. The highest BCUT2D eigenvalue weighted by Crippen LogP contribution is 2.33. The Balaban J connectivity index is 1.78. The number of aryl methyl sites for hydroxylation is 3. The molecule has 27 heavy (non-hydrogen) atoms. The lowest BCUT2D eigenvalue weighted by atomic mass is 10.1. The van der Waals surface area contributed by atoms with Gasteiger partial charge < -0.3 is 19.3 Å². The van der Waals surface area contributed by atoms with Crippen molar-refractivity contribution in [2.75, 3.05) is 18.6 Å². The number of benzene rings is 2. The predicted octanol–water partition coefficient (Wildman–Crippen LogP) is 3.97. The van der Waals surface area contributed by atoms with E-state index in [4.69, 9.17) is 10.1 Å². The summed E-state index contributed by atoms with van der Waals surface area (Å²) in [6, 6.07) is 11.8. The fourth-order valence-corrected chi connectivity index (χ4v) is 3.67. The quantitative estimate of drug-likeness (QED) is 0.739. The number of aromatic nitrogens is 2. The van der Waals surface area contributed by atoms with E-state index in [9.17, 15) is 5.11 Å². The van der Waals surface area contributed by atoms with Crippen LogP contribution >= 0.6 is 0 Å². The van der Waals surface area contributed by atoms with Crippen molar-refractivity contribution < 1.29 is 9.84 Å². The highest BCUT2D eigenvalue weighted by Gasteiger charge is 2.32. The van der Waals surface area contributed by atoms with Crippen molar-refractivity contribution in [1.82, 2.24) is 9.55 Å². The first-order valence-electron chi connectivity index (χ1n) is 8.76. The number of nitrogens with zero attached hydrogens (tertiary/aromatic N) is 3. The molecule has 0 radical (unpaired) electrons. The lowest BCUT2D eigenvalue weighted by Crippen LogP contribution is -2.26. The number of imidazole rings is 1. The molecular weight excluding hydrogens is 340 g/mol. The van der Waals surface area contributed by atoms with E-state index in [1.807, 2.05) is 60.7 Å². The largest absolute Gasteiger partial charge is 0.509 e. The van der Waals surface area contributed by atoms with Crippen molar-refractivity contribution in [3.05, 3.63) is 59.1 Å². The van der Waals surface area contributed by atoms with Crippen LogP contribution in [-0.4, -0.2) is 34.1 Å². The maximum absolute atomic E-state index is 10.7. The molecule has 1 aliphatic heterocycles. The van der Waals surface area contributed by atoms with Gasteiger partial charge in [0.05, 0.1) is 30.3 Å². The Bertz CT molecular complexity index is 1090. The molecule has 0 spiro atoms. The Hall–Kier alpha value is -3.28. The van der Waals surface area contributed by atoms with Crippen LogP contribution in [0.1, 0.15) is 17.0 Å². The van der Waals surface area contributed by atoms with Crippen LogP contribution in [0.4, 0.5) is 5.69 Å². The van der Waals surface area contributed by atoms with E-state index in [1.54, 1.807) is 7.11 Å². The third-order valence-electron chi connectivity index (χ3n) is 4.93. The van der Waals surface area contributed by atoms with Crippen molar-refractivity contribution in [2.45, 2.75) is 13.8 Å². The molecule has 1 aliphatic rings. The third-order valence-corrected chi connectivity index (χ3v) is 4.93. The molecule has 2 heterocycles. The molecule has 0 bridgehead atoms. The molecule has 0 aliphatic carbocycles. The summed E-state index contributed by atoms with van der Waals surface area (Å²) in [6.07, 6.45) is 0. The van der Waals surface area contributed by atoms with Gasteiger partial charge in [-0.3, -0.25) is 5.41 Å². The minimum atomic E-state index is 0.157. The molecule has 6 heteroatoms. The number of hydrogen-bond donors (Lipinski definition) is 2. The van der Waals surface area contributed by atoms with E-state index < -0.39 is 0 Å². The van der Waals surface area contributed by atoms with Crippen LogP contribution in [0, 0.1) is 19.3 Å². The average Bonchev–Trinajstić information content (AvgIpc) is 3.10. The summed E-state index contributed by atoms with van der Waals surface area (Å²) < 4.78 is 7.18. The number of aliphatic hydroxyl groups is 1. The molecule has 0 unspecified atom stereocenters. The van der Waals surface area contributed by atoms with Crippen molar-refractivity contribution in [1.29, 1.82) is 5.41 Å². The average molecular weight is 362 g/mol. The van der Waals surface area contributed by atoms with Crippen molar-refractivity contribution in [2.24, 2.45) is 7.05 Å². The Morgan fingerprint density at radius 3 is 2.48 bits per heavy atom. The molecular formula is C21H22N4O2. The van der Waals surface area contributed by atoms with Gasteiger partial charge in [0, 0.05) is 18.8 Å². The van der Waals surface area contributed by atoms with Crippen molar-refractivity contribution in [3.8, 4) is 5.75 Å². The van der Waals surface area contributed by atoms with Gasteiger partial charge in [-0.25, -0.2) is 4.98 Å². The van der Waals surface area contributed by atoms with Crippen LogP contribution in [0.2, 0.25) is 0 Å². The summed E-state index contributed by atoms with van der Waals surface area (Å²) in [7, 11) is 3.51. The molecule has 138 valence electrons. The Kier molecular flexibility index (Phi) is 3.91. The Labute approximate surface area is 157 Å². The van der Waals surface area contributed by atoms with Crippen molar-refractivity contribution >= 4 is 28.1 Å². The minimum Gasteiger partial charge on any atom is -0.509 e. The summed E-state index contributed by atoms with van der Waals surface area (Å²) in [4.78, 5) is 6.47. The highest BCUT2D eigenvalue weighted by atomic mass is 16.5. The van der Waals surface area contributed by atoms with Crippen molar-refractivity contribution in [3.63, 3.8) is 0 Å². The molecule has 4 rings (SSSR count). The van der Waals surface area contributed by atoms with E-state index in [0.29, 0.717) is 11.4 Å². The maximum atomic E-state index is 10.7. The van der Waals surface area contributed by atoms with Gasteiger partial charge in [-0.05, 0) is 49.2 Å². The second-order valence-electron chi connectivity index (χ2n) is 6.95. The molecule has 2 N–H and O–H groups in total. The number of hydrogen-bond acceptors (Lipinski definition) is 4. The molecule has 0 fully saturated rings. The first-order valence-corrected chi connectivity index (χ1v) is 8.76. The van der Waals surface area contributed by atoms with Gasteiger partial charge in [0.2, 0.25) is 0 Å². The minimum absolute atomic E-state index is 0.157. The SMILES string of the molecule is COc1ccc2c(c1)nc(C1=C(O)CN(c3cc(C)cc(C)c3)C1=N)n2C. The van der Waals surface area contributed by atoms with Gasteiger partial charge in [-0.15, -0.1) is 0 Å². The van der Waals surface area contributed by atoms with Crippen LogP contribution in [0.5, 0.6) is 5.75 Å². The summed E-state index contributed by atoms with van der Waals surface area (Å²) >= 11 is 0. The first-order chi connectivity index (χ1) is 12.9. The van der Waals surface area contributed by atoms with E-state index in [1.165, 1.54) is 0 Å². The number of rotatable bonds is 3.